The van der Waals surface area contributed by atoms with Gasteiger partial charge in [-0.1, -0.05) is 40.5 Å². The molecule has 0 saturated heterocycles. The fourth-order valence-corrected chi connectivity index (χ4v) is 1.59. The largest absolute Gasteiger partial charge is 0.409 e. The van der Waals surface area contributed by atoms with Crippen molar-refractivity contribution < 1.29 is 0 Å². The minimum absolute atomic E-state index is 1.03. The maximum atomic E-state index is 5.75. The quantitative estimate of drug-likeness (QED) is 0.557. The molecule has 0 atom stereocenters. The molecule has 2 N–H and O–H groups in total. The van der Waals surface area contributed by atoms with Gasteiger partial charge in [0.05, 0.1) is 0 Å². The Balaban J connectivity index is 2.85. The Morgan fingerprint density at radius 3 is 2.11 bits per heavy atom. The standard InChI is InChI=1S/C6H5.CH3.Al.H2N/c1-2-4-6-5-3-1;;;/h1-5H;1H3;;1H2/q;;+1;-1. The van der Waals surface area contributed by atoms with Crippen molar-refractivity contribution in [3.05, 3.63) is 30.3 Å². The Labute approximate surface area is 60.1 Å². The van der Waals surface area contributed by atoms with E-state index in [2.05, 4.69) is 17.9 Å². The summed E-state index contributed by atoms with van der Waals surface area (Å²) in [5, 5.41) is 0. The van der Waals surface area contributed by atoms with Crippen LogP contribution >= 0.6 is 0 Å². The lowest BCUT2D eigenvalue weighted by molar-refractivity contribution is 1.70. The molecule has 0 amide bonds. The van der Waals surface area contributed by atoms with E-state index < -0.39 is 14.4 Å². The van der Waals surface area contributed by atoms with Crippen LogP contribution in [0.2, 0.25) is 5.79 Å². The molecule has 0 bridgehead atoms. The minimum atomic E-state index is -1.03. The molecule has 1 nitrogen and oxygen atoms in total. The molecule has 9 heavy (non-hydrogen) atoms. The fourth-order valence-electron chi connectivity index (χ4n) is 0.757. The molecular weight excluding hydrogens is 125 g/mol. The van der Waals surface area contributed by atoms with Crippen LogP contribution in [0.15, 0.2) is 30.3 Å². The first-order chi connectivity index (χ1) is 4.30. The Hall–Kier alpha value is -0.288. The summed E-state index contributed by atoms with van der Waals surface area (Å²) in [6.07, 6.45) is 0. The van der Waals surface area contributed by atoms with Crippen molar-refractivity contribution in [3.63, 3.8) is 0 Å². The maximum Gasteiger partial charge on any atom is 0.404 e. The summed E-state index contributed by atoms with van der Waals surface area (Å²) in [6.45, 7) is 0. The van der Waals surface area contributed by atoms with Gasteiger partial charge in [0, 0.05) is 0 Å². The van der Waals surface area contributed by atoms with Crippen LogP contribution in [0.3, 0.4) is 0 Å². The number of hydrogen-bond donors (Lipinski definition) is 1. The third-order valence-corrected chi connectivity index (χ3v) is 2.76. The van der Waals surface area contributed by atoms with Crippen molar-refractivity contribution in [2.45, 2.75) is 5.79 Å². The monoisotopic (exact) mass is 135 g/mol. The van der Waals surface area contributed by atoms with Gasteiger partial charge in [-0.15, -0.1) is 0 Å². The van der Waals surface area contributed by atoms with Crippen molar-refractivity contribution >= 4 is 18.8 Å². The van der Waals surface area contributed by atoms with Gasteiger partial charge in [0.1, 0.15) is 0 Å². The van der Waals surface area contributed by atoms with Crippen LogP contribution in [0.25, 0.3) is 0 Å². The highest BCUT2D eigenvalue weighted by Gasteiger charge is 2.04. The first-order valence-corrected chi connectivity index (χ1v) is 5.51. The topological polar surface area (TPSA) is 26.0 Å². The van der Waals surface area contributed by atoms with Crippen LogP contribution in [0, 0.1) is 0 Å². The van der Waals surface area contributed by atoms with E-state index in [0.717, 1.165) is 0 Å². The Kier molecular flexibility index (Phi) is 2.30. The van der Waals surface area contributed by atoms with Crippen LogP contribution in [0.4, 0.5) is 0 Å². The molecule has 0 radical (unpaired) electrons. The first-order valence-electron chi connectivity index (χ1n) is 3.11. The molecule has 0 aliphatic heterocycles. The van der Waals surface area contributed by atoms with Crippen molar-refractivity contribution in [3.8, 4) is 0 Å². The van der Waals surface area contributed by atoms with E-state index in [-0.39, 0.29) is 0 Å². The van der Waals surface area contributed by atoms with Crippen LogP contribution in [0.1, 0.15) is 0 Å². The lowest BCUT2D eigenvalue weighted by Crippen LogP contribution is -2.35. The minimum Gasteiger partial charge on any atom is -0.409 e. The lowest BCUT2D eigenvalue weighted by atomic mass is 10.4. The van der Waals surface area contributed by atoms with Crippen LogP contribution in [-0.4, -0.2) is 14.4 Å². The highest BCUT2D eigenvalue weighted by molar-refractivity contribution is 6.68. The molecule has 1 rings (SSSR count). The molecule has 46 valence electrons. The van der Waals surface area contributed by atoms with Gasteiger partial charge >= 0.3 is 14.4 Å². The Morgan fingerprint density at radius 2 is 1.78 bits per heavy atom. The first kappa shape index (κ1) is 6.83. The summed E-state index contributed by atoms with van der Waals surface area (Å²) in [6, 6.07) is 10.3. The summed E-state index contributed by atoms with van der Waals surface area (Å²) in [4.78, 5) is 0. The summed E-state index contributed by atoms with van der Waals surface area (Å²) in [5.74, 6) is 2.12. The van der Waals surface area contributed by atoms with Crippen LogP contribution < -0.4 is 9.14 Å². The zero-order valence-corrected chi connectivity index (χ0v) is 6.70. The smallest absolute Gasteiger partial charge is 0.404 e. The highest BCUT2D eigenvalue weighted by atomic mass is 27.2. The van der Waals surface area contributed by atoms with Gasteiger partial charge in [-0.3, -0.25) is 0 Å². The molecule has 1 aromatic carbocycles. The second kappa shape index (κ2) is 3.03. The van der Waals surface area contributed by atoms with E-state index in [9.17, 15) is 0 Å². The van der Waals surface area contributed by atoms with E-state index >= 15 is 0 Å². The average molecular weight is 135 g/mol. The van der Waals surface area contributed by atoms with Gasteiger partial charge in [0.25, 0.3) is 0 Å². The Bertz CT molecular complexity index is 172. The third-order valence-electron chi connectivity index (χ3n) is 1.33. The number of rotatable bonds is 1. The van der Waals surface area contributed by atoms with Gasteiger partial charge in [0.2, 0.25) is 0 Å². The summed E-state index contributed by atoms with van der Waals surface area (Å²) >= 11 is -1.03. The average Bonchev–Trinajstić information content (AvgIpc) is 1.90. The molecule has 1 aromatic rings. The zero-order chi connectivity index (χ0) is 6.69. The molecule has 0 unspecified atom stereocenters. The predicted octanol–water partition coefficient (Wildman–Crippen LogP) is 0.474. The second-order valence-corrected chi connectivity index (χ2v) is 4.44. The summed E-state index contributed by atoms with van der Waals surface area (Å²) < 4.78 is 7.08. The molecule has 0 spiro atoms. The normalized spacial score (nSPS) is 9.11. The second-order valence-electron chi connectivity index (χ2n) is 2.20. The van der Waals surface area contributed by atoms with E-state index in [4.69, 9.17) is 4.72 Å². The molecule has 0 fully saturated rings. The predicted molar refractivity (Wildman–Crippen MR) is 41.9 cm³/mol. The summed E-state index contributed by atoms with van der Waals surface area (Å²) in [5.41, 5.74) is 0. The van der Waals surface area contributed by atoms with E-state index in [1.165, 1.54) is 4.43 Å². The van der Waals surface area contributed by atoms with Gasteiger partial charge < -0.3 is 4.72 Å². The Morgan fingerprint density at radius 1 is 1.22 bits per heavy atom. The lowest BCUT2D eigenvalue weighted by Gasteiger charge is -1.95. The highest BCUT2D eigenvalue weighted by Crippen LogP contribution is 1.82. The number of hydrogen-bond acceptors (Lipinski definition) is 1. The van der Waals surface area contributed by atoms with Crippen LogP contribution in [-0.2, 0) is 0 Å². The van der Waals surface area contributed by atoms with Crippen molar-refractivity contribution in [1.29, 1.82) is 0 Å². The van der Waals surface area contributed by atoms with E-state index in [1.807, 2.05) is 18.2 Å². The zero-order valence-electron chi connectivity index (χ0n) is 5.54. The number of nitrogens with two attached hydrogens (primary N) is 1. The third kappa shape index (κ3) is 1.83. The maximum absolute atomic E-state index is 5.75. The van der Waals surface area contributed by atoms with Gasteiger partial charge in [-0.25, -0.2) is 0 Å². The van der Waals surface area contributed by atoms with Crippen molar-refractivity contribution in [2.75, 3.05) is 0 Å². The van der Waals surface area contributed by atoms with Crippen molar-refractivity contribution in [1.82, 2.24) is 0 Å². The molecular formula is C7H10AlN. The molecule has 0 heterocycles. The van der Waals surface area contributed by atoms with Gasteiger partial charge in [-0.2, -0.15) is 0 Å². The van der Waals surface area contributed by atoms with E-state index in [0.29, 0.717) is 0 Å². The molecule has 2 heteroatoms. The van der Waals surface area contributed by atoms with Gasteiger partial charge in [0.15, 0.2) is 0 Å². The van der Waals surface area contributed by atoms with E-state index in [1.54, 1.807) is 0 Å². The SMILES string of the molecule is [CH3][Al]([NH2])[c]1ccccc1. The molecule has 0 aromatic heterocycles. The fraction of sp³-hybridized carbons (Fsp3) is 0.143. The molecule has 0 aliphatic rings. The van der Waals surface area contributed by atoms with Crippen LogP contribution in [0.5, 0.6) is 0 Å². The molecule has 0 aliphatic carbocycles. The molecule has 0 saturated carbocycles. The number of benzene rings is 1. The van der Waals surface area contributed by atoms with Gasteiger partial charge in [-0.05, 0) is 0 Å². The summed E-state index contributed by atoms with van der Waals surface area (Å²) in [7, 11) is 0. The van der Waals surface area contributed by atoms with Crippen molar-refractivity contribution in [2.24, 2.45) is 4.72 Å².